The predicted octanol–water partition coefficient (Wildman–Crippen LogP) is 3.00. The van der Waals surface area contributed by atoms with Crippen molar-refractivity contribution >= 4 is 22.4 Å². The molecule has 0 unspecified atom stereocenters. The molecule has 1 saturated carbocycles. The number of anilines is 1. The second-order valence-electron chi connectivity index (χ2n) is 4.88. The first kappa shape index (κ1) is 13.3. The zero-order valence-electron chi connectivity index (χ0n) is 11.5. The van der Waals surface area contributed by atoms with Crippen LogP contribution in [0.2, 0.25) is 0 Å². The van der Waals surface area contributed by atoms with E-state index in [0.717, 1.165) is 23.7 Å². The summed E-state index contributed by atoms with van der Waals surface area (Å²) < 4.78 is 10.5. The van der Waals surface area contributed by atoms with Gasteiger partial charge in [-0.05, 0) is 31.9 Å². The molecule has 1 fully saturated rings. The highest BCUT2D eigenvalue weighted by molar-refractivity contribution is 7.14. The molecule has 6 heteroatoms. The summed E-state index contributed by atoms with van der Waals surface area (Å²) >= 11 is 1.49. The van der Waals surface area contributed by atoms with Gasteiger partial charge in [0.1, 0.15) is 12.4 Å². The summed E-state index contributed by atoms with van der Waals surface area (Å²) in [4.78, 5) is 18.8. The molecule has 0 atom stereocenters. The number of hydrogen-bond acceptors (Lipinski definition) is 5. The van der Waals surface area contributed by atoms with Gasteiger partial charge in [0, 0.05) is 18.5 Å². The van der Waals surface area contributed by atoms with Crippen LogP contribution in [0.15, 0.2) is 21.9 Å². The summed E-state index contributed by atoms with van der Waals surface area (Å²) in [6.45, 7) is 2.30. The maximum Gasteiger partial charge on any atom is 0.296 e. The molecule has 106 valence electrons. The van der Waals surface area contributed by atoms with Crippen LogP contribution in [0.3, 0.4) is 0 Å². The highest BCUT2D eigenvalue weighted by Crippen LogP contribution is 2.34. The van der Waals surface area contributed by atoms with Crippen LogP contribution in [0, 0.1) is 6.92 Å². The topological polar surface area (TPSA) is 55.6 Å². The van der Waals surface area contributed by atoms with Crippen LogP contribution in [0.1, 0.15) is 34.9 Å². The minimum Gasteiger partial charge on any atom is -0.453 e. The Morgan fingerprint density at radius 2 is 2.35 bits per heavy atom. The van der Waals surface area contributed by atoms with E-state index in [1.54, 1.807) is 24.1 Å². The van der Waals surface area contributed by atoms with Gasteiger partial charge in [-0.15, -0.1) is 11.3 Å². The van der Waals surface area contributed by atoms with Crippen LogP contribution >= 0.6 is 11.3 Å². The number of ether oxygens (including phenoxy) is 1. The Hall–Kier alpha value is -1.66. The van der Waals surface area contributed by atoms with Crippen LogP contribution in [0.25, 0.3) is 0 Å². The number of hydrogen-bond donors (Lipinski definition) is 0. The van der Waals surface area contributed by atoms with Gasteiger partial charge in [-0.3, -0.25) is 9.69 Å². The molecule has 3 rings (SSSR count). The smallest absolute Gasteiger partial charge is 0.296 e. The average molecular weight is 292 g/mol. The Morgan fingerprint density at radius 1 is 1.55 bits per heavy atom. The van der Waals surface area contributed by atoms with Crippen LogP contribution in [-0.2, 0) is 11.3 Å². The van der Waals surface area contributed by atoms with Crippen LogP contribution in [0.5, 0.6) is 0 Å². The summed E-state index contributed by atoms with van der Waals surface area (Å²) in [6, 6.07) is 3.73. The van der Waals surface area contributed by atoms with Crippen LogP contribution in [0.4, 0.5) is 5.13 Å². The van der Waals surface area contributed by atoms with Gasteiger partial charge in [0.15, 0.2) is 10.9 Å². The van der Waals surface area contributed by atoms with E-state index >= 15 is 0 Å². The van der Waals surface area contributed by atoms with Crippen molar-refractivity contribution < 1.29 is 13.9 Å². The minimum absolute atomic E-state index is 0.121. The number of rotatable bonds is 5. The number of aromatic nitrogens is 1. The van der Waals surface area contributed by atoms with Crippen molar-refractivity contribution in [2.24, 2.45) is 0 Å². The van der Waals surface area contributed by atoms with E-state index in [9.17, 15) is 4.79 Å². The fourth-order valence-electron chi connectivity index (χ4n) is 2.03. The first-order chi connectivity index (χ1) is 9.69. The molecule has 0 bridgehead atoms. The summed E-state index contributed by atoms with van der Waals surface area (Å²) in [6.07, 6.45) is 2.05. The third-order valence-electron chi connectivity index (χ3n) is 3.10. The number of carbonyl (C=O) groups is 1. The number of thiazole rings is 1. The molecule has 2 heterocycles. The van der Waals surface area contributed by atoms with Crippen molar-refractivity contribution in [1.82, 2.24) is 4.98 Å². The number of carbonyl (C=O) groups excluding carboxylic acids is 1. The predicted molar refractivity (Wildman–Crippen MR) is 76.1 cm³/mol. The Kier molecular flexibility index (Phi) is 3.58. The second-order valence-corrected chi connectivity index (χ2v) is 5.71. The van der Waals surface area contributed by atoms with E-state index in [1.165, 1.54) is 11.3 Å². The molecule has 0 aromatic carbocycles. The quantitative estimate of drug-likeness (QED) is 0.850. The lowest BCUT2D eigenvalue weighted by Crippen LogP contribution is -2.32. The van der Waals surface area contributed by atoms with Crippen molar-refractivity contribution in [3.63, 3.8) is 0 Å². The Bertz CT molecular complexity index is 615. The van der Waals surface area contributed by atoms with E-state index in [0.29, 0.717) is 18.1 Å². The zero-order valence-corrected chi connectivity index (χ0v) is 12.3. The maximum absolute atomic E-state index is 12.6. The Balaban J connectivity index is 1.85. The van der Waals surface area contributed by atoms with Gasteiger partial charge in [-0.1, -0.05) is 0 Å². The van der Waals surface area contributed by atoms with Gasteiger partial charge in [0.05, 0.1) is 5.69 Å². The molecule has 0 aliphatic heterocycles. The number of aryl methyl sites for hydroxylation is 1. The molecular weight excluding hydrogens is 276 g/mol. The van der Waals surface area contributed by atoms with E-state index in [-0.39, 0.29) is 11.9 Å². The van der Waals surface area contributed by atoms with Gasteiger partial charge in [0.2, 0.25) is 0 Å². The first-order valence-corrected chi connectivity index (χ1v) is 7.40. The minimum atomic E-state index is -0.121. The van der Waals surface area contributed by atoms with Crippen molar-refractivity contribution in [3.8, 4) is 0 Å². The highest BCUT2D eigenvalue weighted by atomic mass is 32.1. The van der Waals surface area contributed by atoms with Crippen LogP contribution in [-0.4, -0.2) is 24.0 Å². The van der Waals surface area contributed by atoms with Gasteiger partial charge >= 0.3 is 0 Å². The lowest BCUT2D eigenvalue weighted by molar-refractivity contribution is 0.0949. The molecule has 1 aliphatic carbocycles. The van der Waals surface area contributed by atoms with Gasteiger partial charge in [0.25, 0.3) is 5.91 Å². The first-order valence-electron chi connectivity index (χ1n) is 6.52. The third kappa shape index (κ3) is 2.62. The van der Waals surface area contributed by atoms with Crippen molar-refractivity contribution in [1.29, 1.82) is 0 Å². The molecule has 0 spiro atoms. The van der Waals surface area contributed by atoms with Gasteiger partial charge in [-0.25, -0.2) is 4.98 Å². The van der Waals surface area contributed by atoms with E-state index in [2.05, 4.69) is 4.98 Å². The fourth-order valence-corrected chi connectivity index (χ4v) is 2.90. The largest absolute Gasteiger partial charge is 0.453 e. The molecule has 0 radical (unpaired) electrons. The standard InChI is InChI=1S/C14H16N2O3S/c1-9-8-20-14(15-9)16(10-3-4-10)13(17)12-6-5-11(19-12)7-18-2/h5-6,8,10H,3-4,7H2,1-2H3. The highest BCUT2D eigenvalue weighted by Gasteiger charge is 2.37. The van der Waals surface area contributed by atoms with Crippen molar-refractivity contribution in [2.45, 2.75) is 32.4 Å². The second kappa shape index (κ2) is 5.38. The molecule has 1 aliphatic rings. The van der Waals surface area contributed by atoms with Gasteiger partial charge < -0.3 is 9.15 Å². The Morgan fingerprint density at radius 3 is 2.95 bits per heavy atom. The van der Waals surface area contributed by atoms with E-state index in [4.69, 9.17) is 9.15 Å². The van der Waals surface area contributed by atoms with E-state index < -0.39 is 0 Å². The lowest BCUT2D eigenvalue weighted by atomic mass is 10.3. The zero-order chi connectivity index (χ0) is 14.1. The lowest BCUT2D eigenvalue weighted by Gasteiger charge is -2.17. The number of methoxy groups -OCH3 is 1. The molecule has 20 heavy (non-hydrogen) atoms. The SMILES string of the molecule is COCc1ccc(C(=O)N(c2nc(C)cs2)C2CC2)o1. The molecule has 2 aromatic rings. The number of amides is 1. The number of furan rings is 1. The number of nitrogens with zero attached hydrogens (tertiary/aromatic N) is 2. The molecule has 1 amide bonds. The molecule has 0 N–H and O–H groups in total. The molecular formula is C14H16N2O3S. The van der Waals surface area contributed by atoms with Crippen molar-refractivity contribution in [2.75, 3.05) is 12.0 Å². The monoisotopic (exact) mass is 292 g/mol. The Labute approximate surface area is 121 Å². The molecule has 5 nitrogen and oxygen atoms in total. The summed E-state index contributed by atoms with van der Waals surface area (Å²) in [5.41, 5.74) is 0.933. The van der Waals surface area contributed by atoms with E-state index in [1.807, 2.05) is 12.3 Å². The maximum atomic E-state index is 12.6. The fraction of sp³-hybridized carbons (Fsp3) is 0.429. The van der Waals surface area contributed by atoms with Crippen molar-refractivity contribution in [3.05, 3.63) is 34.7 Å². The van der Waals surface area contributed by atoms with Crippen LogP contribution < -0.4 is 4.90 Å². The summed E-state index contributed by atoms with van der Waals surface area (Å²) in [5, 5.41) is 2.70. The van der Waals surface area contributed by atoms with Gasteiger partial charge in [-0.2, -0.15) is 0 Å². The average Bonchev–Trinajstić information content (AvgIpc) is 2.97. The normalized spacial score (nSPS) is 14.5. The molecule has 2 aromatic heterocycles. The third-order valence-corrected chi connectivity index (χ3v) is 4.06. The summed E-state index contributed by atoms with van der Waals surface area (Å²) in [5.74, 6) is 0.878. The summed E-state index contributed by atoms with van der Waals surface area (Å²) in [7, 11) is 1.60. The molecule has 0 saturated heterocycles.